The van der Waals surface area contributed by atoms with Gasteiger partial charge in [0.1, 0.15) is 0 Å². The van der Waals surface area contributed by atoms with E-state index < -0.39 is 0 Å². The summed E-state index contributed by atoms with van der Waals surface area (Å²) in [7, 11) is 0. The van der Waals surface area contributed by atoms with Crippen LogP contribution in [0.5, 0.6) is 0 Å². The number of rotatable bonds is 4. The number of hydrogen-bond acceptors (Lipinski definition) is 1. The fourth-order valence-corrected chi connectivity index (χ4v) is 1.68. The van der Waals surface area contributed by atoms with Crippen LogP contribution in [0.2, 0.25) is 0 Å². The summed E-state index contributed by atoms with van der Waals surface area (Å²) in [6.07, 6.45) is 3.77. The second-order valence-electron chi connectivity index (χ2n) is 4.48. The molecule has 0 fully saturated rings. The molecule has 1 heteroatoms. The van der Waals surface area contributed by atoms with Gasteiger partial charge in [0.15, 0.2) is 0 Å². The number of pyridine rings is 1. The maximum Gasteiger partial charge on any atom is 0.0407 e. The predicted molar refractivity (Wildman–Crippen MR) is 61.5 cm³/mol. The van der Waals surface area contributed by atoms with Gasteiger partial charge in [-0.1, -0.05) is 26.3 Å². The summed E-state index contributed by atoms with van der Waals surface area (Å²) in [6.45, 7) is 8.71. The number of hydrogen-bond donors (Lipinski definition) is 0. The number of nitrogens with zero attached hydrogens (tertiary/aromatic N) is 1. The standard InChI is InChI=1S/C13H21N/c1-10(2)6-5-7-13-9-8-11(3)14-12(13)4/h8-10H,5-7H2,1-4H3. The lowest BCUT2D eigenvalue weighted by molar-refractivity contribution is 0.555. The maximum atomic E-state index is 4.47. The van der Waals surface area contributed by atoms with E-state index in [9.17, 15) is 0 Å². The summed E-state index contributed by atoms with van der Waals surface area (Å²) in [5.41, 5.74) is 3.74. The van der Waals surface area contributed by atoms with Gasteiger partial charge in [0.2, 0.25) is 0 Å². The lowest BCUT2D eigenvalue weighted by Crippen LogP contribution is -1.96. The first kappa shape index (κ1) is 11.2. The van der Waals surface area contributed by atoms with Crippen LogP contribution >= 0.6 is 0 Å². The van der Waals surface area contributed by atoms with E-state index in [2.05, 4.69) is 37.9 Å². The number of aromatic nitrogens is 1. The summed E-state index contributed by atoms with van der Waals surface area (Å²) < 4.78 is 0. The molecule has 0 unspecified atom stereocenters. The zero-order chi connectivity index (χ0) is 10.6. The monoisotopic (exact) mass is 191 g/mol. The van der Waals surface area contributed by atoms with Crippen LogP contribution < -0.4 is 0 Å². The zero-order valence-corrected chi connectivity index (χ0v) is 9.80. The molecule has 0 amide bonds. The molecule has 0 aliphatic carbocycles. The third-order valence-corrected chi connectivity index (χ3v) is 2.56. The van der Waals surface area contributed by atoms with Gasteiger partial charge < -0.3 is 0 Å². The molecule has 1 nitrogen and oxygen atoms in total. The van der Waals surface area contributed by atoms with Gasteiger partial charge in [0.05, 0.1) is 0 Å². The highest BCUT2D eigenvalue weighted by molar-refractivity contribution is 5.21. The summed E-state index contributed by atoms with van der Waals surface area (Å²) >= 11 is 0. The minimum Gasteiger partial charge on any atom is -0.258 e. The molecule has 0 bridgehead atoms. The van der Waals surface area contributed by atoms with Crippen molar-refractivity contribution in [2.75, 3.05) is 0 Å². The highest BCUT2D eigenvalue weighted by Crippen LogP contribution is 2.12. The first-order chi connectivity index (χ1) is 6.59. The average molecular weight is 191 g/mol. The van der Waals surface area contributed by atoms with Crippen molar-refractivity contribution in [3.8, 4) is 0 Å². The van der Waals surface area contributed by atoms with E-state index in [0.717, 1.165) is 11.6 Å². The van der Waals surface area contributed by atoms with Gasteiger partial charge >= 0.3 is 0 Å². The van der Waals surface area contributed by atoms with Crippen molar-refractivity contribution in [2.45, 2.75) is 47.0 Å². The lowest BCUT2D eigenvalue weighted by Gasteiger charge is -2.07. The van der Waals surface area contributed by atoms with Gasteiger partial charge in [-0.3, -0.25) is 4.98 Å². The Morgan fingerprint density at radius 3 is 2.50 bits per heavy atom. The van der Waals surface area contributed by atoms with E-state index in [4.69, 9.17) is 0 Å². The van der Waals surface area contributed by atoms with Gasteiger partial charge in [-0.05, 0) is 44.2 Å². The minimum atomic E-state index is 0.814. The fraction of sp³-hybridized carbons (Fsp3) is 0.615. The average Bonchev–Trinajstić information content (AvgIpc) is 2.08. The highest BCUT2D eigenvalue weighted by Gasteiger charge is 2.00. The van der Waals surface area contributed by atoms with Crippen LogP contribution in [-0.2, 0) is 6.42 Å². The van der Waals surface area contributed by atoms with Gasteiger partial charge in [-0.15, -0.1) is 0 Å². The van der Waals surface area contributed by atoms with Crippen LogP contribution in [0.1, 0.15) is 43.6 Å². The summed E-state index contributed by atoms with van der Waals surface area (Å²) in [5.74, 6) is 0.814. The fourth-order valence-electron chi connectivity index (χ4n) is 1.68. The van der Waals surface area contributed by atoms with Crippen LogP contribution in [0.15, 0.2) is 12.1 Å². The van der Waals surface area contributed by atoms with Gasteiger partial charge in [-0.25, -0.2) is 0 Å². The lowest BCUT2D eigenvalue weighted by atomic mass is 10.0. The maximum absolute atomic E-state index is 4.47. The van der Waals surface area contributed by atoms with Crippen LogP contribution in [-0.4, -0.2) is 4.98 Å². The molecular weight excluding hydrogens is 170 g/mol. The normalized spacial score (nSPS) is 10.9. The molecule has 0 N–H and O–H groups in total. The summed E-state index contributed by atoms with van der Waals surface area (Å²) in [5, 5.41) is 0. The zero-order valence-electron chi connectivity index (χ0n) is 9.80. The second-order valence-corrected chi connectivity index (χ2v) is 4.48. The molecule has 1 aromatic rings. The van der Waals surface area contributed by atoms with Gasteiger partial charge in [-0.2, -0.15) is 0 Å². The molecular formula is C13H21N. The Hall–Kier alpha value is -0.850. The second kappa shape index (κ2) is 5.14. The van der Waals surface area contributed by atoms with Crippen molar-refractivity contribution in [3.05, 3.63) is 29.1 Å². The van der Waals surface area contributed by atoms with Crippen LogP contribution in [0.3, 0.4) is 0 Å². The van der Waals surface area contributed by atoms with E-state index >= 15 is 0 Å². The topological polar surface area (TPSA) is 12.9 Å². The van der Waals surface area contributed by atoms with Crippen molar-refractivity contribution in [2.24, 2.45) is 5.92 Å². The van der Waals surface area contributed by atoms with E-state index in [1.807, 2.05) is 6.92 Å². The van der Waals surface area contributed by atoms with Crippen molar-refractivity contribution in [1.29, 1.82) is 0 Å². The molecule has 0 aromatic carbocycles. The predicted octanol–water partition coefficient (Wildman–Crippen LogP) is 3.68. The first-order valence-corrected chi connectivity index (χ1v) is 5.52. The Labute approximate surface area is 87.6 Å². The first-order valence-electron chi connectivity index (χ1n) is 5.52. The van der Waals surface area contributed by atoms with Crippen molar-refractivity contribution >= 4 is 0 Å². The van der Waals surface area contributed by atoms with Crippen LogP contribution in [0.25, 0.3) is 0 Å². The Balaban J connectivity index is 2.51. The molecule has 78 valence electrons. The molecule has 0 atom stereocenters. The molecule has 1 aromatic heterocycles. The molecule has 0 aliphatic rings. The molecule has 1 rings (SSSR count). The van der Waals surface area contributed by atoms with Gasteiger partial charge in [0, 0.05) is 11.4 Å². The van der Waals surface area contributed by atoms with Crippen molar-refractivity contribution in [1.82, 2.24) is 4.98 Å². The molecule has 0 saturated heterocycles. The van der Waals surface area contributed by atoms with Crippen molar-refractivity contribution in [3.63, 3.8) is 0 Å². The quantitative estimate of drug-likeness (QED) is 0.707. The number of aryl methyl sites for hydroxylation is 3. The third kappa shape index (κ3) is 3.49. The largest absolute Gasteiger partial charge is 0.258 e. The molecule has 1 heterocycles. The minimum absolute atomic E-state index is 0.814. The van der Waals surface area contributed by atoms with Gasteiger partial charge in [0.25, 0.3) is 0 Å². The van der Waals surface area contributed by atoms with Crippen LogP contribution in [0.4, 0.5) is 0 Å². The van der Waals surface area contributed by atoms with Crippen LogP contribution in [0, 0.1) is 19.8 Å². The smallest absolute Gasteiger partial charge is 0.0407 e. The Bertz CT molecular complexity index is 289. The molecule has 0 saturated carbocycles. The Morgan fingerprint density at radius 2 is 1.93 bits per heavy atom. The third-order valence-electron chi connectivity index (χ3n) is 2.56. The van der Waals surface area contributed by atoms with E-state index in [0.29, 0.717) is 0 Å². The summed E-state index contributed by atoms with van der Waals surface area (Å²) in [4.78, 5) is 4.47. The summed E-state index contributed by atoms with van der Waals surface area (Å²) in [6, 6.07) is 4.33. The highest BCUT2D eigenvalue weighted by atomic mass is 14.7. The van der Waals surface area contributed by atoms with Crippen molar-refractivity contribution < 1.29 is 0 Å². The Morgan fingerprint density at radius 1 is 1.21 bits per heavy atom. The SMILES string of the molecule is Cc1ccc(CCCC(C)C)c(C)n1. The molecule has 0 aliphatic heterocycles. The molecule has 0 radical (unpaired) electrons. The Kier molecular flexibility index (Phi) is 4.12. The van der Waals surface area contributed by atoms with E-state index in [1.54, 1.807) is 0 Å². The molecule has 14 heavy (non-hydrogen) atoms. The van der Waals surface area contributed by atoms with E-state index in [1.165, 1.54) is 30.5 Å². The molecule has 0 spiro atoms. The van der Waals surface area contributed by atoms with E-state index in [-0.39, 0.29) is 0 Å².